The summed E-state index contributed by atoms with van der Waals surface area (Å²) in [5, 5.41) is 9.19. The summed E-state index contributed by atoms with van der Waals surface area (Å²) in [6.07, 6.45) is 3.00. The van der Waals surface area contributed by atoms with Gasteiger partial charge in [0, 0.05) is 25.3 Å². The Balaban J connectivity index is 2.13. The van der Waals surface area contributed by atoms with Gasteiger partial charge in [-0.25, -0.2) is 0 Å². The lowest BCUT2D eigenvalue weighted by Crippen LogP contribution is -2.58. The lowest BCUT2D eigenvalue weighted by Gasteiger charge is -2.38. The molecule has 2 aliphatic heterocycles. The van der Waals surface area contributed by atoms with Gasteiger partial charge in [0.1, 0.15) is 6.04 Å². The van der Waals surface area contributed by atoms with E-state index in [1.807, 2.05) is 6.92 Å². The largest absolute Gasteiger partial charge is 0.480 e. The SMILES string of the molecule is CC1(NS(=O)(=O)N2CCCCC2C(=O)O)CCOCC1. The molecule has 0 saturated carbocycles. The number of carbonyl (C=O) groups is 1. The van der Waals surface area contributed by atoms with Crippen LogP contribution in [0.3, 0.4) is 0 Å². The van der Waals surface area contributed by atoms with Crippen molar-refractivity contribution in [3.63, 3.8) is 0 Å². The highest BCUT2D eigenvalue weighted by atomic mass is 32.2. The van der Waals surface area contributed by atoms with Crippen LogP contribution in [0.5, 0.6) is 0 Å². The quantitative estimate of drug-likeness (QED) is 0.780. The summed E-state index contributed by atoms with van der Waals surface area (Å²) >= 11 is 0. The van der Waals surface area contributed by atoms with E-state index in [0.29, 0.717) is 38.9 Å². The molecular weight excluding hydrogens is 284 g/mol. The van der Waals surface area contributed by atoms with Crippen molar-refractivity contribution in [3.05, 3.63) is 0 Å². The highest BCUT2D eigenvalue weighted by Gasteiger charge is 2.40. The van der Waals surface area contributed by atoms with Gasteiger partial charge in [-0.15, -0.1) is 0 Å². The number of carboxylic acid groups (broad SMARTS) is 1. The molecule has 7 nitrogen and oxygen atoms in total. The zero-order chi connectivity index (χ0) is 14.8. The van der Waals surface area contributed by atoms with Crippen LogP contribution in [0.15, 0.2) is 0 Å². The highest BCUT2D eigenvalue weighted by Crippen LogP contribution is 2.25. The lowest BCUT2D eigenvalue weighted by atomic mass is 9.94. The molecule has 0 bridgehead atoms. The minimum Gasteiger partial charge on any atom is -0.480 e. The summed E-state index contributed by atoms with van der Waals surface area (Å²) in [6.45, 7) is 3.13. The number of ether oxygens (including phenoxy) is 1. The van der Waals surface area contributed by atoms with Crippen LogP contribution < -0.4 is 4.72 Å². The summed E-state index contributed by atoms with van der Waals surface area (Å²) < 4.78 is 34.0. The zero-order valence-corrected chi connectivity index (χ0v) is 12.5. The van der Waals surface area contributed by atoms with Gasteiger partial charge in [0.15, 0.2) is 0 Å². The molecule has 0 amide bonds. The lowest BCUT2D eigenvalue weighted by molar-refractivity contribution is -0.142. The Morgan fingerprint density at radius 2 is 2.00 bits per heavy atom. The molecule has 2 N–H and O–H groups in total. The maximum atomic E-state index is 12.5. The molecule has 0 aromatic heterocycles. The molecule has 1 atom stereocenters. The Morgan fingerprint density at radius 3 is 2.60 bits per heavy atom. The summed E-state index contributed by atoms with van der Waals surface area (Å²) in [4.78, 5) is 11.2. The first kappa shape index (κ1) is 15.7. The van der Waals surface area contributed by atoms with Gasteiger partial charge in [0.2, 0.25) is 0 Å². The molecular formula is C12H22N2O5S. The van der Waals surface area contributed by atoms with Gasteiger partial charge < -0.3 is 9.84 Å². The monoisotopic (exact) mass is 306 g/mol. The number of carboxylic acids is 1. The zero-order valence-electron chi connectivity index (χ0n) is 11.7. The average molecular weight is 306 g/mol. The van der Waals surface area contributed by atoms with E-state index in [0.717, 1.165) is 10.7 Å². The fraction of sp³-hybridized carbons (Fsp3) is 0.917. The summed E-state index contributed by atoms with van der Waals surface area (Å²) in [7, 11) is -3.79. The van der Waals surface area contributed by atoms with E-state index in [-0.39, 0.29) is 6.54 Å². The minimum absolute atomic E-state index is 0.263. The van der Waals surface area contributed by atoms with E-state index in [1.165, 1.54) is 0 Å². The summed E-state index contributed by atoms with van der Waals surface area (Å²) in [5.74, 6) is -1.08. The van der Waals surface area contributed by atoms with Gasteiger partial charge in [-0.05, 0) is 39.0 Å². The van der Waals surface area contributed by atoms with Crippen molar-refractivity contribution in [3.8, 4) is 0 Å². The van der Waals surface area contributed by atoms with E-state index in [1.54, 1.807) is 0 Å². The first-order valence-electron chi connectivity index (χ1n) is 6.95. The third-order valence-electron chi connectivity index (χ3n) is 4.02. The minimum atomic E-state index is -3.79. The Morgan fingerprint density at radius 1 is 1.35 bits per heavy atom. The molecule has 0 spiro atoms. The number of piperidine rings is 1. The van der Waals surface area contributed by atoms with Crippen molar-refractivity contribution in [2.24, 2.45) is 0 Å². The molecule has 2 saturated heterocycles. The first-order chi connectivity index (χ1) is 9.34. The van der Waals surface area contributed by atoms with Gasteiger partial charge in [-0.3, -0.25) is 4.79 Å². The van der Waals surface area contributed by atoms with Crippen molar-refractivity contribution >= 4 is 16.2 Å². The summed E-state index contributed by atoms with van der Waals surface area (Å²) in [6, 6.07) is -0.954. The van der Waals surface area contributed by atoms with Crippen molar-refractivity contribution in [2.45, 2.75) is 50.6 Å². The van der Waals surface area contributed by atoms with Gasteiger partial charge in [0.25, 0.3) is 10.2 Å². The van der Waals surface area contributed by atoms with Crippen molar-refractivity contribution in [1.82, 2.24) is 9.03 Å². The second kappa shape index (κ2) is 5.97. The van der Waals surface area contributed by atoms with Gasteiger partial charge in [-0.1, -0.05) is 0 Å². The second-order valence-corrected chi connectivity index (χ2v) is 7.36. The van der Waals surface area contributed by atoms with Gasteiger partial charge in [0.05, 0.1) is 0 Å². The van der Waals surface area contributed by atoms with Crippen molar-refractivity contribution < 1.29 is 23.1 Å². The smallest absolute Gasteiger partial charge is 0.322 e. The number of nitrogens with one attached hydrogen (secondary N) is 1. The summed E-state index contributed by atoms with van der Waals surface area (Å²) in [5.41, 5.74) is -0.558. The standard InChI is InChI=1S/C12H22N2O5S/c1-12(5-8-19-9-6-12)13-20(17,18)14-7-3-2-4-10(14)11(15)16/h10,13H,2-9H2,1H3,(H,15,16). The Labute approximate surface area is 119 Å². The fourth-order valence-electron chi connectivity index (χ4n) is 2.73. The Bertz CT molecular complexity index is 458. The predicted molar refractivity (Wildman–Crippen MR) is 72.5 cm³/mol. The normalized spacial score (nSPS) is 28.1. The van der Waals surface area contributed by atoms with Crippen LogP contribution in [0.1, 0.15) is 39.0 Å². The third-order valence-corrected chi connectivity index (χ3v) is 5.82. The molecule has 0 aromatic carbocycles. The maximum Gasteiger partial charge on any atom is 0.322 e. The topological polar surface area (TPSA) is 95.9 Å². The first-order valence-corrected chi connectivity index (χ1v) is 8.39. The van der Waals surface area contributed by atoms with Crippen LogP contribution in [-0.4, -0.2) is 55.1 Å². The van der Waals surface area contributed by atoms with E-state index >= 15 is 0 Å². The maximum absolute atomic E-state index is 12.5. The van der Waals surface area contributed by atoms with Crippen molar-refractivity contribution in [1.29, 1.82) is 0 Å². The van der Waals surface area contributed by atoms with Crippen LogP contribution in [0.4, 0.5) is 0 Å². The van der Waals surface area contributed by atoms with Gasteiger partial charge in [-0.2, -0.15) is 17.4 Å². The van der Waals surface area contributed by atoms with E-state index in [9.17, 15) is 18.3 Å². The van der Waals surface area contributed by atoms with E-state index < -0.39 is 27.8 Å². The number of aliphatic carboxylic acids is 1. The van der Waals surface area contributed by atoms with Gasteiger partial charge >= 0.3 is 5.97 Å². The molecule has 2 heterocycles. The molecule has 116 valence electrons. The van der Waals surface area contributed by atoms with Crippen LogP contribution in [0.2, 0.25) is 0 Å². The predicted octanol–water partition coefficient (Wildman–Crippen LogP) is 0.329. The number of rotatable bonds is 4. The van der Waals surface area contributed by atoms with Crippen LogP contribution in [-0.2, 0) is 19.7 Å². The van der Waals surface area contributed by atoms with Crippen LogP contribution in [0, 0.1) is 0 Å². The molecule has 0 aromatic rings. The van der Waals surface area contributed by atoms with Crippen LogP contribution in [0.25, 0.3) is 0 Å². The molecule has 2 fully saturated rings. The Hall–Kier alpha value is -0.700. The average Bonchev–Trinajstić information content (AvgIpc) is 2.38. The third kappa shape index (κ3) is 3.49. The second-order valence-electron chi connectivity index (χ2n) is 5.74. The molecule has 2 rings (SSSR count). The molecule has 20 heavy (non-hydrogen) atoms. The van der Waals surface area contributed by atoms with Crippen molar-refractivity contribution in [2.75, 3.05) is 19.8 Å². The van der Waals surface area contributed by atoms with E-state index in [4.69, 9.17) is 4.74 Å². The fourth-order valence-corrected chi connectivity index (χ4v) is 4.58. The number of hydrogen-bond acceptors (Lipinski definition) is 4. The highest BCUT2D eigenvalue weighted by molar-refractivity contribution is 7.87. The van der Waals surface area contributed by atoms with E-state index in [2.05, 4.69) is 4.72 Å². The molecule has 8 heteroatoms. The molecule has 0 aliphatic carbocycles. The molecule has 1 unspecified atom stereocenters. The molecule has 2 aliphatic rings. The number of nitrogens with zero attached hydrogens (tertiary/aromatic N) is 1. The van der Waals surface area contributed by atoms with Crippen LogP contribution >= 0.6 is 0 Å². The number of hydrogen-bond donors (Lipinski definition) is 2. The molecule has 0 radical (unpaired) electrons. The Kier molecular flexibility index (Phi) is 4.68.